The first-order valence-electron chi connectivity index (χ1n) is 10.2. The summed E-state index contributed by atoms with van der Waals surface area (Å²) in [5.74, 6) is 2.06. The van der Waals surface area contributed by atoms with Gasteiger partial charge in [-0.3, -0.25) is 4.79 Å². The molecule has 0 unspecified atom stereocenters. The highest BCUT2D eigenvalue weighted by Gasteiger charge is 2.21. The summed E-state index contributed by atoms with van der Waals surface area (Å²) in [6.07, 6.45) is 5.51. The Morgan fingerprint density at radius 1 is 1.09 bits per heavy atom. The second-order valence-electron chi connectivity index (χ2n) is 7.45. The van der Waals surface area contributed by atoms with Crippen LogP contribution < -0.4 is 4.80 Å². The van der Waals surface area contributed by atoms with Crippen molar-refractivity contribution in [3.8, 4) is 12.3 Å². The first-order valence-corrected chi connectivity index (χ1v) is 12.9. The lowest BCUT2D eigenvalue weighted by Crippen LogP contribution is -2.26. The van der Waals surface area contributed by atoms with Crippen LogP contribution in [0.15, 0.2) is 82.7 Å². The molecule has 0 fully saturated rings. The Labute approximate surface area is 206 Å². The van der Waals surface area contributed by atoms with Gasteiger partial charge in [0.1, 0.15) is 0 Å². The van der Waals surface area contributed by atoms with E-state index in [2.05, 4.69) is 10.9 Å². The molecule has 0 atom stereocenters. The van der Waals surface area contributed by atoms with E-state index in [0.717, 1.165) is 15.8 Å². The molecule has 172 valence electrons. The van der Waals surface area contributed by atoms with Gasteiger partial charge in [0.15, 0.2) is 4.80 Å². The molecule has 9 heteroatoms. The summed E-state index contributed by atoms with van der Waals surface area (Å²) >= 11 is 7.64. The zero-order valence-corrected chi connectivity index (χ0v) is 20.6. The number of halogens is 1. The van der Waals surface area contributed by atoms with Crippen LogP contribution in [0.2, 0.25) is 5.02 Å². The van der Waals surface area contributed by atoms with Crippen LogP contribution in [0.25, 0.3) is 10.2 Å². The van der Waals surface area contributed by atoms with Crippen molar-refractivity contribution in [3.05, 3.63) is 93.7 Å². The number of hydrogen-bond donors (Lipinski definition) is 0. The number of para-hydroxylation sites is 1. The summed E-state index contributed by atoms with van der Waals surface area (Å²) in [6.45, 7) is 0.448. The van der Waals surface area contributed by atoms with Gasteiger partial charge in [-0.2, -0.15) is 9.30 Å². The van der Waals surface area contributed by atoms with Gasteiger partial charge < -0.3 is 4.57 Å². The number of amides is 1. The maximum absolute atomic E-state index is 12.9. The van der Waals surface area contributed by atoms with Crippen LogP contribution in [0.1, 0.15) is 15.9 Å². The minimum absolute atomic E-state index is 0.0959. The Balaban J connectivity index is 1.62. The molecule has 0 saturated heterocycles. The van der Waals surface area contributed by atoms with Gasteiger partial charge in [-0.05, 0) is 42.0 Å². The van der Waals surface area contributed by atoms with Crippen molar-refractivity contribution in [2.75, 3.05) is 7.05 Å². The van der Waals surface area contributed by atoms with Crippen LogP contribution in [0.4, 0.5) is 0 Å². The molecule has 3 aromatic carbocycles. The molecule has 0 spiro atoms. The molecule has 1 aromatic heterocycles. The van der Waals surface area contributed by atoms with Crippen LogP contribution in [0, 0.1) is 12.3 Å². The molecule has 0 N–H and O–H groups in total. The van der Waals surface area contributed by atoms with Gasteiger partial charge in [0.05, 0.1) is 26.7 Å². The van der Waals surface area contributed by atoms with Gasteiger partial charge >= 0.3 is 0 Å². The maximum atomic E-state index is 12.9. The fourth-order valence-corrected chi connectivity index (χ4v) is 5.98. The molecule has 6 nitrogen and oxygen atoms in total. The number of carbonyl (C=O) groups is 1. The summed E-state index contributed by atoms with van der Waals surface area (Å²) in [4.78, 5) is 17.6. The number of sulfonamides is 1. The van der Waals surface area contributed by atoms with Crippen LogP contribution in [-0.2, 0) is 23.1 Å². The van der Waals surface area contributed by atoms with Crippen LogP contribution in [0.5, 0.6) is 0 Å². The molecular weight excluding hydrogens is 490 g/mol. The second-order valence-corrected chi connectivity index (χ2v) is 10.9. The Hall–Kier alpha value is -3.22. The largest absolute Gasteiger partial charge is 0.303 e. The lowest BCUT2D eigenvalue weighted by Gasteiger charge is -2.17. The molecule has 0 saturated carbocycles. The number of terminal acetylenes is 1. The van der Waals surface area contributed by atoms with Crippen LogP contribution in [0.3, 0.4) is 0 Å². The van der Waals surface area contributed by atoms with E-state index < -0.39 is 15.9 Å². The predicted molar refractivity (Wildman–Crippen MR) is 135 cm³/mol. The number of thiazole rings is 1. The number of aromatic nitrogens is 1. The Morgan fingerprint density at radius 3 is 2.47 bits per heavy atom. The standard InChI is InChI=1S/C25H20ClN3O3S2/c1-3-16-29-23-21(26)10-7-11-22(23)33-25(29)27-24(30)19-12-14-20(15-13-19)34(31,32)28(2)17-18-8-5-4-6-9-18/h1,4-15H,16-17H2,2H3. The summed E-state index contributed by atoms with van der Waals surface area (Å²) < 4.78 is 29.7. The van der Waals surface area contributed by atoms with E-state index in [1.807, 2.05) is 42.5 Å². The number of hydrogen-bond acceptors (Lipinski definition) is 4. The van der Waals surface area contributed by atoms with E-state index in [-0.39, 0.29) is 23.5 Å². The molecular formula is C25H20ClN3O3S2. The number of fused-ring (bicyclic) bond motifs is 1. The maximum Gasteiger partial charge on any atom is 0.279 e. The minimum Gasteiger partial charge on any atom is -0.303 e. The second kappa shape index (κ2) is 9.95. The first-order chi connectivity index (χ1) is 16.3. The summed E-state index contributed by atoms with van der Waals surface area (Å²) in [5.41, 5.74) is 1.87. The highest BCUT2D eigenvalue weighted by molar-refractivity contribution is 7.89. The molecule has 0 aliphatic heterocycles. The van der Waals surface area contributed by atoms with Crippen molar-refractivity contribution >= 4 is 49.1 Å². The zero-order valence-electron chi connectivity index (χ0n) is 18.2. The number of benzene rings is 3. The first kappa shape index (κ1) is 23.9. The summed E-state index contributed by atoms with van der Waals surface area (Å²) in [7, 11) is -2.20. The van der Waals surface area contributed by atoms with Crippen molar-refractivity contribution in [2.24, 2.45) is 4.99 Å². The van der Waals surface area contributed by atoms with Gasteiger partial charge in [0.25, 0.3) is 5.91 Å². The molecule has 0 aliphatic carbocycles. The molecule has 1 heterocycles. The van der Waals surface area contributed by atoms with Gasteiger partial charge in [0.2, 0.25) is 10.0 Å². The van der Waals surface area contributed by atoms with Crippen molar-refractivity contribution in [2.45, 2.75) is 18.0 Å². The fraction of sp³-hybridized carbons (Fsp3) is 0.120. The van der Waals surface area contributed by atoms with Gasteiger partial charge in [-0.15, -0.1) is 6.42 Å². The lowest BCUT2D eigenvalue weighted by molar-refractivity contribution is 0.0998. The average Bonchev–Trinajstić information content (AvgIpc) is 3.18. The Morgan fingerprint density at radius 2 is 1.79 bits per heavy atom. The van der Waals surface area contributed by atoms with E-state index in [1.54, 1.807) is 10.6 Å². The average molecular weight is 510 g/mol. The van der Waals surface area contributed by atoms with E-state index >= 15 is 0 Å². The zero-order chi connectivity index (χ0) is 24.3. The van der Waals surface area contributed by atoms with E-state index in [4.69, 9.17) is 18.0 Å². The molecule has 1 amide bonds. The highest BCUT2D eigenvalue weighted by Crippen LogP contribution is 2.25. The smallest absolute Gasteiger partial charge is 0.279 e. The lowest BCUT2D eigenvalue weighted by atomic mass is 10.2. The molecule has 34 heavy (non-hydrogen) atoms. The molecule has 0 radical (unpaired) electrons. The van der Waals surface area contributed by atoms with Crippen LogP contribution in [-0.4, -0.2) is 30.2 Å². The minimum atomic E-state index is -3.72. The number of nitrogens with zero attached hydrogens (tertiary/aromatic N) is 3. The highest BCUT2D eigenvalue weighted by atomic mass is 35.5. The molecule has 4 rings (SSSR count). The molecule has 0 bridgehead atoms. The van der Waals surface area contributed by atoms with Gasteiger partial charge in [-0.25, -0.2) is 8.42 Å². The topological polar surface area (TPSA) is 71.7 Å². The van der Waals surface area contributed by atoms with E-state index in [9.17, 15) is 13.2 Å². The predicted octanol–water partition coefficient (Wildman–Crippen LogP) is 4.55. The third-order valence-electron chi connectivity index (χ3n) is 5.16. The Bertz CT molecular complexity index is 1570. The number of rotatable bonds is 6. The van der Waals surface area contributed by atoms with Gasteiger partial charge in [-0.1, -0.05) is 65.3 Å². The van der Waals surface area contributed by atoms with Crippen molar-refractivity contribution < 1.29 is 13.2 Å². The van der Waals surface area contributed by atoms with Gasteiger partial charge in [0, 0.05) is 19.2 Å². The Kier molecular flexibility index (Phi) is 7.00. The van der Waals surface area contributed by atoms with E-state index in [0.29, 0.717) is 9.82 Å². The molecule has 0 aliphatic rings. The van der Waals surface area contributed by atoms with Crippen LogP contribution >= 0.6 is 22.9 Å². The molecule has 4 aromatic rings. The third kappa shape index (κ3) is 4.83. The summed E-state index contributed by atoms with van der Waals surface area (Å²) in [6, 6.07) is 20.5. The monoisotopic (exact) mass is 509 g/mol. The normalized spacial score (nSPS) is 12.2. The summed E-state index contributed by atoms with van der Waals surface area (Å²) in [5, 5.41) is 0.520. The SMILES string of the molecule is C#CCn1c(=NC(=O)c2ccc(S(=O)(=O)N(C)Cc3ccccc3)cc2)sc2cccc(Cl)c21. The number of carbonyl (C=O) groups excluding carboxylic acids is 1. The fourth-order valence-electron chi connectivity index (χ4n) is 3.44. The van der Waals surface area contributed by atoms with Crippen molar-refractivity contribution in [1.82, 2.24) is 8.87 Å². The van der Waals surface area contributed by atoms with Crippen molar-refractivity contribution in [3.63, 3.8) is 0 Å². The van der Waals surface area contributed by atoms with E-state index in [1.165, 1.54) is 47.0 Å². The quantitative estimate of drug-likeness (QED) is 0.358. The van der Waals surface area contributed by atoms with Crippen molar-refractivity contribution in [1.29, 1.82) is 0 Å². The third-order valence-corrected chi connectivity index (χ3v) is 8.32.